The lowest BCUT2D eigenvalue weighted by Crippen LogP contribution is -2.15. The standard InChI is InChI=1S/C15H14Cl2N2/c16-12-1-4-15(17)14(6-12)11-5-10(7-18-9-11)8-19-13-2-3-13/h1,4-7,9,13,19H,2-3,8H2. The van der Waals surface area contributed by atoms with E-state index >= 15 is 0 Å². The van der Waals surface area contributed by atoms with E-state index in [1.807, 2.05) is 24.5 Å². The molecule has 0 radical (unpaired) electrons. The Hall–Kier alpha value is -1.09. The fourth-order valence-corrected chi connectivity index (χ4v) is 2.40. The number of nitrogens with zero attached hydrogens (tertiary/aromatic N) is 1. The Morgan fingerprint density at radius 1 is 1.16 bits per heavy atom. The van der Waals surface area contributed by atoms with Crippen LogP contribution in [0.2, 0.25) is 10.0 Å². The highest BCUT2D eigenvalue weighted by Gasteiger charge is 2.20. The van der Waals surface area contributed by atoms with Crippen molar-refractivity contribution in [3.63, 3.8) is 0 Å². The molecule has 0 spiro atoms. The summed E-state index contributed by atoms with van der Waals surface area (Å²) in [6.07, 6.45) is 6.27. The Bertz CT molecular complexity index is 594. The maximum absolute atomic E-state index is 6.22. The van der Waals surface area contributed by atoms with Crippen LogP contribution in [-0.2, 0) is 6.54 Å². The van der Waals surface area contributed by atoms with Crippen molar-refractivity contribution in [3.8, 4) is 11.1 Å². The molecule has 0 aliphatic heterocycles. The Morgan fingerprint density at radius 3 is 2.79 bits per heavy atom. The second kappa shape index (κ2) is 5.49. The first-order valence-electron chi connectivity index (χ1n) is 6.35. The molecule has 19 heavy (non-hydrogen) atoms. The molecule has 1 N–H and O–H groups in total. The van der Waals surface area contributed by atoms with Gasteiger partial charge in [0.25, 0.3) is 0 Å². The van der Waals surface area contributed by atoms with Crippen LogP contribution < -0.4 is 5.32 Å². The molecule has 1 fully saturated rings. The van der Waals surface area contributed by atoms with Crippen molar-refractivity contribution in [1.82, 2.24) is 10.3 Å². The van der Waals surface area contributed by atoms with E-state index in [9.17, 15) is 0 Å². The van der Waals surface area contributed by atoms with E-state index in [-0.39, 0.29) is 0 Å². The summed E-state index contributed by atoms with van der Waals surface area (Å²) in [6.45, 7) is 0.851. The highest BCUT2D eigenvalue weighted by molar-refractivity contribution is 6.35. The maximum atomic E-state index is 6.22. The van der Waals surface area contributed by atoms with Crippen LogP contribution in [0, 0.1) is 0 Å². The van der Waals surface area contributed by atoms with Gasteiger partial charge < -0.3 is 5.32 Å². The molecular formula is C15H14Cl2N2. The second-order valence-corrected chi connectivity index (χ2v) is 5.70. The first kappa shape index (κ1) is 12.9. The summed E-state index contributed by atoms with van der Waals surface area (Å²) in [5.74, 6) is 0. The average molecular weight is 293 g/mol. The van der Waals surface area contributed by atoms with Gasteiger partial charge in [0.1, 0.15) is 0 Å². The molecular weight excluding hydrogens is 279 g/mol. The van der Waals surface area contributed by atoms with Crippen LogP contribution in [-0.4, -0.2) is 11.0 Å². The average Bonchev–Trinajstić information content (AvgIpc) is 3.24. The van der Waals surface area contributed by atoms with Crippen LogP contribution in [0.15, 0.2) is 36.7 Å². The molecule has 0 bridgehead atoms. The van der Waals surface area contributed by atoms with Crippen molar-refractivity contribution in [2.24, 2.45) is 0 Å². The minimum Gasteiger partial charge on any atom is -0.310 e. The third-order valence-corrected chi connectivity index (χ3v) is 3.77. The van der Waals surface area contributed by atoms with Crippen molar-refractivity contribution >= 4 is 23.2 Å². The van der Waals surface area contributed by atoms with Crippen molar-refractivity contribution in [2.45, 2.75) is 25.4 Å². The van der Waals surface area contributed by atoms with Gasteiger partial charge in [-0.1, -0.05) is 23.2 Å². The van der Waals surface area contributed by atoms with Gasteiger partial charge in [0, 0.05) is 46.2 Å². The SMILES string of the molecule is Clc1ccc(Cl)c(-c2cncc(CNC3CC3)c2)c1. The van der Waals surface area contributed by atoms with Crippen molar-refractivity contribution in [2.75, 3.05) is 0 Å². The van der Waals surface area contributed by atoms with E-state index in [0.29, 0.717) is 16.1 Å². The quantitative estimate of drug-likeness (QED) is 0.908. The van der Waals surface area contributed by atoms with E-state index in [2.05, 4.69) is 16.4 Å². The van der Waals surface area contributed by atoms with Gasteiger partial charge in [-0.25, -0.2) is 0 Å². The smallest absolute Gasteiger partial charge is 0.0486 e. The van der Waals surface area contributed by atoms with Gasteiger partial charge in [-0.15, -0.1) is 0 Å². The van der Waals surface area contributed by atoms with Gasteiger partial charge >= 0.3 is 0 Å². The summed E-state index contributed by atoms with van der Waals surface area (Å²) < 4.78 is 0. The highest BCUT2D eigenvalue weighted by atomic mass is 35.5. The largest absolute Gasteiger partial charge is 0.310 e. The van der Waals surface area contributed by atoms with Crippen LogP contribution in [0.1, 0.15) is 18.4 Å². The minimum atomic E-state index is 0.681. The van der Waals surface area contributed by atoms with Crippen molar-refractivity contribution in [3.05, 3.63) is 52.3 Å². The van der Waals surface area contributed by atoms with Gasteiger partial charge in [-0.3, -0.25) is 4.98 Å². The molecule has 98 valence electrons. The Labute approximate surface area is 122 Å². The molecule has 4 heteroatoms. The maximum Gasteiger partial charge on any atom is 0.0486 e. The van der Waals surface area contributed by atoms with Crippen molar-refractivity contribution < 1.29 is 0 Å². The first-order valence-corrected chi connectivity index (χ1v) is 7.11. The van der Waals surface area contributed by atoms with Gasteiger partial charge in [0.15, 0.2) is 0 Å². The Balaban J connectivity index is 1.86. The molecule has 1 saturated carbocycles. The summed E-state index contributed by atoms with van der Waals surface area (Å²) in [4.78, 5) is 4.29. The van der Waals surface area contributed by atoms with Gasteiger partial charge in [-0.2, -0.15) is 0 Å². The molecule has 1 aromatic carbocycles. The molecule has 1 aliphatic rings. The summed E-state index contributed by atoms with van der Waals surface area (Å²) >= 11 is 12.2. The van der Waals surface area contributed by atoms with Crippen LogP contribution in [0.25, 0.3) is 11.1 Å². The van der Waals surface area contributed by atoms with Crippen LogP contribution >= 0.6 is 23.2 Å². The summed E-state index contributed by atoms with van der Waals surface area (Å²) in [5, 5.41) is 4.85. The molecule has 1 aliphatic carbocycles. The molecule has 0 unspecified atom stereocenters. The molecule has 2 aromatic rings. The lowest BCUT2D eigenvalue weighted by atomic mass is 10.1. The second-order valence-electron chi connectivity index (χ2n) is 4.86. The lowest BCUT2D eigenvalue weighted by Gasteiger charge is -2.08. The highest BCUT2D eigenvalue weighted by Crippen LogP contribution is 2.30. The van der Waals surface area contributed by atoms with E-state index < -0.39 is 0 Å². The normalized spacial score (nSPS) is 14.6. The first-order chi connectivity index (χ1) is 9.22. The molecule has 1 aromatic heterocycles. The van der Waals surface area contributed by atoms with Gasteiger partial charge in [0.2, 0.25) is 0 Å². The minimum absolute atomic E-state index is 0.681. The fraction of sp³-hybridized carbons (Fsp3) is 0.267. The molecule has 3 rings (SSSR count). The summed E-state index contributed by atoms with van der Waals surface area (Å²) in [5.41, 5.74) is 3.10. The molecule has 2 nitrogen and oxygen atoms in total. The van der Waals surface area contributed by atoms with Crippen LogP contribution in [0.4, 0.5) is 0 Å². The monoisotopic (exact) mass is 292 g/mol. The van der Waals surface area contributed by atoms with Gasteiger partial charge in [-0.05, 0) is 42.7 Å². The third kappa shape index (κ3) is 3.27. The van der Waals surface area contributed by atoms with E-state index in [0.717, 1.165) is 17.7 Å². The predicted octanol–water partition coefficient (Wildman–Crippen LogP) is 4.31. The molecule has 1 heterocycles. The van der Waals surface area contributed by atoms with Crippen LogP contribution in [0.3, 0.4) is 0 Å². The third-order valence-electron chi connectivity index (χ3n) is 3.21. The molecule has 0 amide bonds. The Kier molecular flexibility index (Phi) is 3.74. The van der Waals surface area contributed by atoms with Gasteiger partial charge in [0.05, 0.1) is 0 Å². The topological polar surface area (TPSA) is 24.9 Å². The fourth-order valence-electron chi connectivity index (χ4n) is 2.00. The number of aromatic nitrogens is 1. The van der Waals surface area contributed by atoms with E-state index in [1.54, 1.807) is 6.07 Å². The molecule has 0 atom stereocenters. The number of nitrogens with one attached hydrogen (secondary N) is 1. The molecule has 0 saturated heterocycles. The number of benzene rings is 1. The number of hydrogen-bond acceptors (Lipinski definition) is 2. The summed E-state index contributed by atoms with van der Waals surface area (Å²) in [6, 6.07) is 8.28. The number of pyridine rings is 1. The number of rotatable bonds is 4. The van der Waals surface area contributed by atoms with Crippen LogP contribution in [0.5, 0.6) is 0 Å². The Morgan fingerprint density at radius 2 is 2.00 bits per heavy atom. The zero-order chi connectivity index (χ0) is 13.2. The predicted molar refractivity (Wildman–Crippen MR) is 79.6 cm³/mol. The number of halogens is 2. The lowest BCUT2D eigenvalue weighted by molar-refractivity contribution is 0.686. The van der Waals surface area contributed by atoms with E-state index in [1.165, 1.54) is 18.4 Å². The summed E-state index contributed by atoms with van der Waals surface area (Å²) in [7, 11) is 0. The van der Waals surface area contributed by atoms with E-state index in [4.69, 9.17) is 23.2 Å². The zero-order valence-corrected chi connectivity index (χ0v) is 11.9. The zero-order valence-electron chi connectivity index (χ0n) is 10.4. The number of hydrogen-bond donors (Lipinski definition) is 1. The van der Waals surface area contributed by atoms with Crippen molar-refractivity contribution in [1.29, 1.82) is 0 Å².